The summed E-state index contributed by atoms with van der Waals surface area (Å²) in [6.45, 7) is 2.54. The van der Waals surface area contributed by atoms with Crippen molar-refractivity contribution in [1.82, 2.24) is 20.0 Å². The number of piperazine rings is 1. The number of fused-ring (bicyclic) bond motifs is 1. The van der Waals surface area contributed by atoms with Crippen LogP contribution < -0.4 is 5.32 Å². The monoisotopic (exact) mass is 212 g/mol. The minimum atomic E-state index is -0.00282. The molecule has 0 spiro atoms. The Balaban J connectivity index is 1.99. The van der Waals surface area contributed by atoms with Crippen molar-refractivity contribution < 1.29 is 9.59 Å². The molecule has 84 valence electrons. The third kappa shape index (κ3) is 1.71. The molecule has 2 heterocycles. The fourth-order valence-corrected chi connectivity index (χ4v) is 2.06. The van der Waals surface area contributed by atoms with Gasteiger partial charge in [0.1, 0.15) is 0 Å². The van der Waals surface area contributed by atoms with E-state index >= 15 is 0 Å². The average molecular weight is 212 g/mol. The number of urea groups is 2. The van der Waals surface area contributed by atoms with Crippen molar-refractivity contribution in [2.24, 2.45) is 0 Å². The van der Waals surface area contributed by atoms with Crippen molar-refractivity contribution in [2.75, 3.05) is 40.3 Å². The van der Waals surface area contributed by atoms with E-state index in [1.54, 1.807) is 28.8 Å². The quantitative estimate of drug-likeness (QED) is 0.581. The molecule has 1 atom stereocenters. The first-order valence-electron chi connectivity index (χ1n) is 5.10. The van der Waals surface area contributed by atoms with Crippen LogP contribution in [0.4, 0.5) is 9.59 Å². The Morgan fingerprint density at radius 3 is 2.87 bits per heavy atom. The smallest absolute Gasteiger partial charge is 0.319 e. The van der Waals surface area contributed by atoms with Crippen molar-refractivity contribution in [3.05, 3.63) is 0 Å². The number of nitrogens with zero attached hydrogens (tertiary/aromatic N) is 3. The third-order valence-corrected chi connectivity index (χ3v) is 2.89. The van der Waals surface area contributed by atoms with Crippen LogP contribution in [0.2, 0.25) is 0 Å². The molecule has 6 nitrogen and oxygen atoms in total. The van der Waals surface area contributed by atoms with E-state index in [9.17, 15) is 9.59 Å². The maximum absolute atomic E-state index is 11.7. The molecule has 2 aliphatic rings. The Bertz CT molecular complexity index is 292. The van der Waals surface area contributed by atoms with Crippen molar-refractivity contribution >= 4 is 12.1 Å². The molecule has 0 bridgehead atoms. The summed E-state index contributed by atoms with van der Waals surface area (Å²) in [6.07, 6.45) is 0. The van der Waals surface area contributed by atoms with E-state index in [1.807, 2.05) is 0 Å². The first-order valence-corrected chi connectivity index (χ1v) is 5.10. The lowest BCUT2D eigenvalue weighted by atomic mass is 10.2. The average Bonchev–Trinajstić information content (AvgIpc) is 2.59. The number of carbonyl (C=O) groups is 2. The zero-order chi connectivity index (χ0) is 11.0. The van der Waals surface area contributed by atoms with E-state index in [0.29, 0.717) is 26.2 Å². The summed E-state index contributed by atoms with van der Waals surface area (Å²) in [5.41, 5.74) is 0. The molecule has 6 heteroatoms. The molecule has 2 aliphatic heterocycles. The molecule has 0 aromatic rings. The Morgan fingerprint density at radius 1 is 1.47 bits per heavy atom. The fourth-order valence-electron chi connectivity index (χ4n) is 2.06. The number of hydrogen-bond acceptors (Lipinski definition) is 2. The van der Waals surface area contributed by atoms with Gasteiger partial charge in [0.15, 0.2) is 0 Å². The van der Waals surface area contributed by atoms with Crippen LogP contribution in [-0.2, 0) is 0 Å². The van der Waals surface area contributed by atoms with Gasteiger partial charge in [-0.2, -0.15) is 0 Å². The minimum absolute atomic E-state index is 0.00282. The molecule has 1 unspecified atom stereocenters. The summed E-state index contributed by atoms with van der Waals surface area (Å²) in [4.78, 5) is 28.2. The van der Waals surface area contributed by atoms with Gasteiger partial charge in [0.25, 0.3) is 0 Å². The summed E-state index contributed by atoms with van der Waals surface area (Å²) < 4.78 is 0. The highest BCUT2D eigenvalue weighted by atomic mass is 16.2. The predicted molar refractivity (Wildman–Crippen MR) is 54.5 cm³/mol. The Labute approximate surface area is 88.8 Å². The Morgan fingerprint density at radius 2 is 2.20 bits per heavy atom. The second-order valence-corrected chi connectivity index (χ2v) is 4.16. The molecule has 0 aliphatic carbocycles. The highest BCUT2D eigenvalue weighted by Gasteiger charge is 2.37. The number of rotatable bonds is 0. The van der Waals surface area contributed by atoms with E-state index in [1.165, 1.54) is 0 Å². The molecule has 0 saturated carbocycles. The van der Waals surface area contributed by atoms with E-state index < -0.39 is 0 Å². The lowest BCUT2D eigenvalue weighted by Crippen LogP contribution is -2.55. The molecule has 2 saturated heterocycles. The van der Waals surface area contributed by atoms with Crippen LogP contribution in [0.15, 0.2) is 0 Å². The molecule has 4 amide bonds. The highest BCUT2D eigenvalue weighted by molar-refractivity contribution is 5.78. The molecule has 15 heavy (non-hydrogen) atoms. The number of amides is 4. The molecular formula is C9H16N4O2. The van der Waals surface area contributed by atoms with Gasteiger partial charge in [0.2, 0.25) is 0 Å². The van der Waals surface area contributed by atoms with Crippen LogP contribution in [-0.4, -0.2) is 73.1 Å². The largest absolute Gasteiger partial charge is 0.336 e. The van der Waals surface area contributed by atoms with E-state index in [-0.39, 0.29) is 18.1 Å². The SMILES string of the molecule is CN(C)C(=O)N1CCN2C(=O)NCC2C1. The first-order chi connectivity index (χ1) is 7.09. The van der Waals surface area contributed by atoms with Crippen LogP contribution in [0.5, 0.6) is 0 Å². The van der Waals surface area contributed by atoms with Crippen LogP contribution in [0, 0.1) is 0 Å². The summed E-state index contributed by atoms with van der Waals surface area (Å²) in [7, 11) is 3.49. The lowest BCUT2D eigenvalue weighted by molar-refractivity contribution is 0.116. The van der Waals surface area contributed by atoms with Gasteiger partial charge in [-0.05, 0) is 0 Å². The molecule has 2 rings (SSSR count). The van der Waals surface area contributed by atoms with Gasteiger partial charge in [0.05, 0.1) is 6.04 Å². The summed E-state index contributed by atoms with van der Waals surface area (Å²) in [6, 6.07) is 0.168. The van der Waals surface area contributed by atoms with Crippen LogP contribution in [0.1, 0.15) is 0 Å². The maximum atomic E-state index is 11.7. The van der Waals surface area contributed by atoms with Crippen LogP contribution in [0.3, 0.4) is 0 Å². The van der Waals surface area contributed by atoms with Crippen molar-refractivity contribution in [3.63, 3.8) is 0 Å². The summed E-state index contributed by atoms with van der Waals surface area (Å²) in [5.74, 6) is 0. The van der Waals surface area contributed by atoms with E-state index in [4.69, 9.17) is 0 Å². The van der Waals surface area contributed by atoms with Gasteiger partial charge in [-0.15, -0.1) is 0 Å². The molecule has 0 aromatic heterocycles. The molecular weight excluding hydrogens is 196 g/mol. The molecule has 0 radical (unpaired) electrons. The highest BCUT2D eigenvalue weighted by Crippen LogP contribution is 2.14. The van der Waals surface area contributed by atoms with Crippen LogP contribution >= 0.6 is 0 Å². The molecule has 0 aromatic carbocycles. The first kappa shape index (κ1) is 10.1. The predicted octanol–water partition coefficient (Wildman–Crippen LogP) is -0.623. The van der Waals surface area contributed by atoms with Gasteiger partial charge in [-0.3, -0.25) is 0 Å². The second-order valence-electron chi connectivity index (χ2n) is 4.16. The van der Waals surface area contributed by atoms with Crippen molar-refractivity contribution in [2.45, 2.75) is 6.04 Å². The number of carbonyl (C=O) groups excluding carboxylic acids is 2. The lowest BCUT2D eigenvalue weighted by Gasteiger charge is -2.37. The number of hydrogen-bond donors (Lipinski definition) is 1. The third-order valence-electron chi connectivity index (χ3n) is 2.89. The fraction of sp³-hybridized carbons (Fsp3) is 0.778. The maximum Gasteiger partial charge on any atom is 0.319 e. The Kier molecular flexibility index (Phi) is 2.42. The van der Waals surface area contributed by atoms with E-state index in [0.717, 1.165) is 0 Å². The zero-order valence-corrected chi connectivity index (χ0v) is 9.06. The normalized spacial score (nSPS) is 24.9. The minimum Gasteiger partial charge on any atom is -0.336 e. The van der Waals surface area contributed by atoms with Crippen LogP contribution in [0.25, 0.3) is 0 Å². The number of nitrogens with one attached hydrogen (secondary N) is 1. The molecule has 2 fully saturated rings. The van der Waals surface area contributed by atoms with Gasteiger partial charge in [-0.1, -0.05) is 0 Å². The topological polar surface area (TPSA) is 55.9 Å². The molecule has 1 N–H and O–H groups in total. The second kappa shape index (κ2) is 3.60. The van der Waals surface area contributed by atoms with E-state index in [2.05, 4.69) is 5.32 Å². The van der Waals surface area contributed by atoms with Gasteiger partial charge in [-0.25, -0.2) is 9.59 Å². The van der Waals surface area contributed by atoms with Gasteiger partial charge in [0, 0.05) is 40.3 Å². The summed E-state index contributed by atoms with van der Waals surface area (Å²) >= 11 is 0. The summed E-state index contributed by atoms with van der Waals surface area (Å²) in [5, 5.41) is 2.79. The zero-order valence-electron chi connectivity index (χ0n) is 9.06. The standard InChI is InChI=1S/C9H16N4O2/c1-11(2)9(15)12-3-4-13-7(6-12)5-10-8(13)14/h7H,3-6H2,1-2H3,(H,10,14). The van der Waals surface area contributed by atoms with Gasteiger partial charge < -0.3 is 20.0 Å². The Hall–Kier alpha value is -1.46. The van der Waals surface area contributed by atoms with Crippen molar-refractivity contribution in [3.8, 4) is 0 Å². The van der Waals surface area contributed by atoms with Gasteiger partial charge >= 0.3 is 12.1 Å². The van der Waals surface area contributed by atoms with Crippen molar-refractivity contribution in [1.29, 1.82) is 0 Å².